The van der Waals surface area contributed by atoms with Gasteiger partial charge in [-0.15, -0.1) is 11.3 Å². The van der Waals surface area contributed by atoms with Gasteiger partial charge in [0.25, 0.3) is 0 Å². The third kappa shape index (κ3) is 2.94. The maximum Gasteiger partial charge on any atom is 0.241 e. The number of nitrogens with zero attached hydrogens (tertiary/aromatic N) is 1. The van der Waals surface area contributed by atoms with Gasteiger partial charge < -0.3 is 11.1 Å². The molecule has 3 N–H and O–H groups in total. The van der Waals surface area contributed by atoms with E-state index < -0.39 is 6.04 Å². The highest BCUT2D eigenvalue weighted by atomic mass is 32.1. The quantitative estimate of drug-likeness (QED) is 0.888. The lowest BCUT2D eigenvalue weighted by Gasteiger charge is -2.10. The second kappa shape index (κ2) is 5.75. The smallest absolute Gasteiger partial charge is 0.241 e. The molecular weight excluding hydrogens is 246 g/mol. The average molecular weight is 261 g/mol. The minimum atomic E-state index is -0.455. The van der Waals surface area contributed by atoms with E-state index in [9.17, 15) is 4.79 Å². The number of nitrogens with two attached hydrogens (primary N) is 1. The maximum absolute atomic E-state index is 11.6. The summed E-state index contributed by atoms with van der Waals surface area (Å²) in [6.07, 6.45) is 2.40. The highest BCUT2D eigenvalue weighted by Crippen LogP contribution is 2.23. The molecular formula is C13H15N3OS. The van der Waals surface area contributed by atoms with Gasteiger partial charge in [0.1, 0.15) is 5.01 Å². The summed E-state index contributed by atoms with van der Waals surface area (Å²) in [5, 5.41) is 5.69. The van der Waals surface area contributed by atoms with Crippen molar-refractivity contribution in [2.75, 3.05) is 5.32 Å². The van der Waals surface area contributed by atoms with Crippen LogP contribution in [0.25, 0.3) is 10.6 Å². The Morgan fingerprint density at radius 2 is 2.17 bits per heavy atom. The van der Waals surface area contributed by atoms with Crippen LogP contribution < -0.4 is 11.1 Å². The molecule has 0 aliphatic carbocycles. The van der Waals surface area contributed by atoms with E-state index in [2.05, 4.69) is 10.3 Å². The molecule has 0 aliphatic heterocycles. The van der Waals surface area contributed by atoms with Crippen LogP contribution in [-0.4, -0.2) is 16.9 Å². The van der Waals surface area contributed by atoms with Crippen LogP contribution in [0.1, 0.15) is 13.3 Å². The number of thiazole rings is 1. The van der Waals surface area contributed by atoms with Gasteiger partial charge in [0.15, 0.2) is 0 Å². The van der Waals surface area contributed by atoms with E-state index in [4.69, 9.17) is 5.73 Å². The number of aromatic nitrogens is 1. The van der Waals surface area contributed by atoms with Crippen LogP contribution in [0, 0.1) is 0 Å². The SMILES string of the molecule is CC[C@H](N)C(=O)Nc1ccc(-c2nccs2)cc1. The van der Waals surface area contributed by atoms with Gasteiger partial charge in [-0.3, -0.25) is 4.79 Å². The first-order valence-electron chi connectivity index (χ1n) is 5.77. The lowest BCUT2D eigenvalue weighted by atomic mass is 10.2. The van der Waals surface area contributed by atoms with Crippen LogP contribution in [-0.2, 0) is 4.79 Å². The Morgan fingerprint density at radius 1 is 1.44 bits per heavy atom. The molecule has 5 heteroatoms. The molecule has 1 heterocycles. The summed E-state index contributed by atoms with van der Waals surface area (Å²) in [4.78, 5) is 15.8. The summed E-state index contributed by atoms with van der Waals surface area (Å²) >= 11 is 1.59. The fourth-order valence-corrected chi connectivity index (χ4v) is 2.13. The molecule has 0 aliphatic rings. The number of rotatable bonds is 4. The van der Waals surface area contributed by atoms with Gasteiger partial charge in [-0.2, -0.15) is 0 Å². The average Bonchev–Trinajstić information content (AvgIpc) is 2.92. The molecule has 2 rings (SSSR count). The van der Waals surface area contributed by atoms with Crippen molar-refractivity contribution in [3.63, 3.8) is 0 Å². The number of hydrogen-bond donors (Lipinski definition) is 2. The van der Waals surface area contributed by atoms with Gasteiger partial charge in [-0.1, -0.05) is 6.92 Å². The zero-order valence-electron chi connectivity index (χ0n) is 10.1. The van der Waals surface area contributed by atoms with Crippen LogP contribution in [0.2, 0.25) is 0 Å². The summed E-state index contributed by atoms with van der Waals surface area (Å²) in [7, 11) is 0. The highest BCUT2D eigenvalue weighted by molar-refractivity contribution is 7.13. The Hall–Kier alpha value is -1.72. The first-order valence-corrected chi connectivity index (χ1v) is 6.65. The molecule has 4 nitrogen and oxygen atoms in total. The minimum absolute atomic E-state index is 0.153. The van der Waals surface area contributed by atoms with E-state index in [1.165, 1.54) is 0 Å². The van der Waals surface area contributed by atoms with Gasteiger partial charge in [0, 0.05) is 22.8 Å². The van der Waals surface area contributed by atoms with E-state index in [-0.39, 0.29) is 5.91 Å². The molecule has 0 unspecified atom stereocenters. The standard InChI is InChI=1S/C13H15N3OS/c1-2-11(14)12(17)16-10-5-3-9(4-6-10)13-15-7-8-18-13/h3-8,11H,2,14H2,1H3,(H,16,17)/t11-/m0/s1. The van der Waals surface area contributed by atoms with Gasteiger partial charge in [-0.25, -0.2) is 4.98 Å². The monoisotopic (exact) mass is 261 g/mol. The van der Waals surface area contributed by atoms with Crippen LogP contribution >= 0.6 is 11.3 Å². The van der Waals surface area contributed by atoms with Gasteiger partial charge in [0.05, 0.1) is 6.04 Å². The van der Waals surface area contributed by atoms with Crippen LogP contribution in [0.4, 0.5) is 5.69 Å². The zero-order valence-corrected chi connectivity index (χ0v) is 10.9. The van der Waals surface area contributed by atoms with E-state index in [0.717, 1.165) is 16.3 Å². The number of carbonyl (C=O) groups is 1. The lowest BCUT2D eigenvalue weighted by molar-refractivity contribution is -0.117. The topological polar surface area (TPSA) is 68.0 Å². The molecule has 0 bridgehead atoms. The van der Waals surface area contributed by atoms with Gasteiger partial charge in [0.2, 0.25) is 5.91 Å². The molecule has 1 aromatic carbocycles. The molecule has 1 atom stereocenters. The van der Waals surface area contributed by atoms with Gasteiger partial charge >= 0.3 is 0 Å². The number of carbonyl (C=O) groups excluding carboxylic acids is 1. The van der Waals surface area contributed by atoms with Crippen LogP contribution in [0.5, 0.6) is 0 Å². The molecule has 0 saturated heterocycles. The Labute approximate surface area is 110 Å². The van der Waals surface area contributed by atoms with Crippen molar-refractivity contribution in [3.05, 3.63) is 35.8 Å². The maximum atomic E-state index is 11.6. The van der Waals surface area contributed by atoms with Crippen LogP contribution in [0.3, 0.4) is 0 Å². The van der Waals surface area contributed by atoms with E-state index in [0.29, 0.717) is 6.42 Å². The zero-order chi connectivity index (χ0) is 13.0. The van der Waals surface area contributed by atoms with Crippen molar-refractivity contribution in [3.8, 4) is 10.6 Å². The third-order valence-electron chi connectivity index (χ3n) is 2.61. The molecule has 94 valence electrons. The van der Waals surface area contributed by atoms with Crippen molar-refractivity contribution < 1.29 is 4.79 Å². The van der Waals surface area contributed by atoms with Crippen molar-refractivity contribution >= 4 is 22.9 Å². The number of nitrogens with one attached hydrogen (secondary N) is 1. The largest absolute Gasteiger partial charge is 0.325 e. The summed E-state index contributed by atoms with van der Waals surface area (Å²) in [6, 6.07) is 7.13. The molecule has 0 spiro atoms. The number of anilines is 1. The van der Waals surface area contributed by atoms with E-state index >= 15 is 0 Å². The molecule has 2 aromatic rings. The fraction of sp³-hybridized carbons (Fsp3) is 0.231. The van der Waals surface area contributed by atoms with Gasteiger partial charge in [-0.05, 0) is 30.7 Å². The minimum Gasteiger partial charge on any atom is -0.325 e. The second-order valence-corrected chi connectivity index (χ2v) is 4.81. The summed E-state index contributed by atoms with van der Waals surface area (Å²) in [6.45, 7) is 1.88. The summed E-state index contributed by atoms with van der Waals surface area (Å²) < 4.78 is 0. The second-order valence-electron chi connectivity index (χ2n) is 3.92. The summed E-state index contributed by atoms with van der Waals surface area (Å²) in [5.41, 5.74) is 7.45. The Balaban J connectivity index is 2.06. The normalized spacial score (nSPS) is 12.1. The first-order chi connectivity index (χ1) is 8.70. The highest BCUT2D eigenvalue weighted by Gasteiger charge is 2.10. The number of amides is 1. The first kappa shape index (κ1) is 12.7. The van der Waals surface area contributed by atoms with Crippen molar-refractivity contribution in [1.29, 1.82) is 0 Å². The molecule has 1 amide bonds. The summed E-state index contributed by atoms with van der Waals surface area (Å²) in [5.74, 6) is -0.153. The van der Waals surface area contributed by atoms with E-state index in [1.54, 1.807) is 17.5 Å². The fourth-order valence-electron chi connectivity index (χ4n) is 1.48. The molecule has 1 aromatic heterocycles. The molecule has 0 radical (unpaired) electrons. The predicted molar refractivity (Wildman–Crippen MR) is 74.4 cm³/mol. The third-order valence-corrected chi connectivity index (χ3v) is 3.43. The molecule has 0 saturated carbocycles. The number of benzene rings is 1. The predicted octanol–water partition coefficient (Wildman–Crippen LogP) is 2.49. The lowest BCUT2D eigenvalue weighted by Crippen LogP contribution is -2.34. The van der Waals surface area contributed by atoms with Crippen LogP contribution in [0.15, 0.2) is 35.8 Å². The number of hydrogen-bond acceptors (Lipinski definition) is 4. The Bertz CT molecular complexity index is 508. The molecule has 18 heavy (non-hydrogen) atoms. The Kier molecular flexibility index (Phi) is 4.07. The van der Waals surface area contributed by atoms with Crippen molar-refractivity contribution in [2.24, 2.45) is 5.73 Å². The Morgan fingerprint density at radius 3 is 2.72 bits per heavy atom. The van der Waals surface area contributed by atoms with Crippen molar-refractivity contribution in [2.45, 2.75) is 19.4 Å². The molecule has 0 fully saturated rings. The van der Waals surface area contributed by atoms with E-state index in [1.807, 2.05) is 36.6 Å². The van der Waals surface area contributed by atoms with Crippen molar-refractivity contribution in [1.82, 2.24) is 4.98 Å².